The molecule has 1 heterocycles. The third kappa shape index (κ3) is 3.68. The molecule has 1 atom stereocenters. The molecule has 100 valence electrons. The van der Waals surface area contributed by atoms with Crippen LogP contribution in [0, 0.1) is 0 Å². The number of piperazine rings is 1. The highest BCUT2D eigenvalue weighted by Crippen LogP contribution is 2.19. The Morgan fingerprint density at radius 3 is 2.33 bits per heavy atom. The lowest BCUT2D eigenvalue weighted by molar-refractivity contribution is 0.115. The molecule has 1 fully saturated rings. The van der Waals surface area contributed by atoms with E-state index in [1.165, 1.54) is 5.69 Å². The smallest absolute Gasteiger partial charge is 0.0789 e. The van der Waals surface area contributed by atoms with E-state index in [1.807, 2.05) is 0 Å². The number of rotatable bonds is 4. The minimum Gasteiger partial charge on any atom is -0.390 e. The Morgan fingerprint density at radius 2 is 1.78 bits per heavy atom. The minimum absolute atomic E-state index is 0.340. The Kier molecular flexibility index (Phi) is 5.00. The number of β-amino-alcohol motifs (C(OH)–C–C–N with tert-alkyl or cyclic N) is 1. The summed E-state index contributed by atoms with van der Waals surface area (Å²) >= 11 is 3.45. The second kappa shape index (κ2) is 6.52. The molecule has 0 aromatic heterocycles. The molecule has 1 saturated heterocycles. The zero-order valence-corrected chi connectivity index (χ0v) is 12.0. The zero-order chi connectivity index (χ0) is 13.0. The number of anilines is 1. The topological polar surface area (TPSA) is 52.7 Å². The van der Waals surface area contributed by atoms with Gasteiger partial charge in [-0.15, -0.1) is 0 Å². The molecule has 1 aliphatic heterocycles. The quantitative estimate of drug-likeness (QED) is 0.867. The number of hydrogen-bond donors (Lipinski definition) is 2. The molecule has 1 aliphatic rings. The van der Waals surface area contributed by atoms with Crippen molar-refractivity contribution in [3.63, 3.8) is 0 Å². The second-order valence-electron chi connectivity index (χ2n) is 4.65. The Labute approximate surface area is 117 Å². The van der Waals surface area contributed by atoms with E-state index in [1.54, 1.807) is 0 Å². The maximum atomic E-state index is 9.54. The summed E-state index contributed by atoms with van der Waals surface area (Å²) in [4.78, 5) is 4.64. The van der Waals surface area contributed by atoms with E-state index in [0.29, 0.717) is 13.1 Å². The molecule has 0 aliphatic carbocycles. The van der Waals surface area contributed by atoms with Crippen LogP contribution >= 0.6 is 15.9 Å². The van der Waals surface area contributed by atoms with Gasteiger partial charge in [0, 0.05) is 49.4 Å². The lowest BCUT2D eigenvalue weighted by Crippen LogP contribution is -2.49. The molecule has 0 spiro atoms. The van der Waals surface area contributed by atoms with Gasteiger partial charge >= 0.3 is 0 Å². The van der Waals surface area contributed by atoms with Crippen molar-refractivity contribution in [3.8, 4) is 0 Å². The zero-order valence-electron chi connectivity index (χ0n) is 10.4. The number of halogens is 1. The highest BCUT2D eigenvalue weighted by atomic mass is 79.9. The molecule has 0 bridgehead atoms. The van der Waals surface area contributed by atoms with Crippen molar-refractivity contribution in [1.82, 2.24) is 4.90 Å². The molecule has 4 nitrogen and oxygen atoms in total. The highest BCUT2D eigenvalue weighted by molar-refractivity contribution is 9.10. The Hall–Kier alpha value is -0.620. The SMILES string of the molecule is NCC(O)CN1CCN(c2ccc(Br)cc2)CC1. The standard InChI is InChI=1S/C13H20BrN3O/c14-11-1-3-12(4-2-11)17-7-5-16(6-8-17)10-13(18)9-15/h1-4,13,18H,5-10,15H2. The van der Waals surface area contributed by atoms with Gasteiger partial charge in [0.1, 0.15) is 0 Å². The summed E-state index contributed by atoms with van der Waals surface area (Å²) in [5, 5.41) is 9.54. The van der Waals surface area contributed by atoms with Crippen LogP contribution in [0.3, 0.4) is 0 Å². The average Bonchev–Trinajstić information content (AvgIpc) is 2.40. The van der Waals surface area contributed by atoms with E-state index in [2.05, 4.69) is 50.0 Å². The van der Waals surface area contributed by atoms with Crippen molar-refractivity contribution in [2.45, 2.75) is 6.10 Å². The average molecular weight is 314 g/mol. The largest absolute Gasteiger partial charge is 0.390 e. The first-order valence-electron chi connectivity index (χ1n) is 6.30. The molecule has 1 aromatic carbocycles. The molecule has 1 aromatic rings. The van der Waals surface area contributed by atoms with Crippen molar-refractivity contribution in [1.29, 1.82) is 0 Å². The van der Waals surface area contributed by atoms with Gasteiger partial charge in [-0.2, -0.15) is 0 Å². The fourth-order valence-corrected chi connectivity index (χ4v) is 2.48. The van der Waals surface area contributed by atoms with E-state index in [4.69, 9.17) is 5.73 Å². The van der Waals surface area contributed by atoms with Crippen LogP contribution in [0.5, 0.6) is 0 Å². The van der Waals surface area contributed by atoms with Crippen LogP contribution in [0.2, 0.25) is 0 Å². The number of nitrogens with two attached hydrogens (primary N) is 1. The Balaban J connectivity index is 1.84. The third-order valence-corrected chi connectivity index (χ3v) is 3.83. The third-order valence-electron chi connectivity index (χ3n) is 3.31. The summed E-state index contributed by atoms with van der Waals surface area (Å²) in [6.07, 6.45) is -0.399. The molecule has 0 saturated carbocycles. The maximum absolute atomic E-state index is 9.54. The van der Waals surface area contributed by atoms with Crippen LogP contribution in [0.15, 0.2) is 28.7 Å². The van der Waals surface area contributed by atoms with Gasteiger partial charge in [-0.3, -0.25) is 4.90 Å². The fraction of sp³-hybridized carbons (Fsp3) is 0.538. The lowest BCUT2D eigenvalue weighted by atomic mass is 10.2. The summed E-state index contributed by atoms with van der Waals surface area (Å²) in [7, 11) is 0. The van der Waals surface area contributed by atoms with E-state index in [-0.39, 0.29) is 0 Å². The molecule has 5 heteroatoms. The van der Waals surface area contributed by atoms with Crippen LogP contribution in [0.4, 0.5) is 5.69 Å². The summed E-state index contributed by atoms with van der Waals surface area (Å²) in [5.41, 5.74) is 6.69. The normalized spacial score (nSPS) is 18.9. The first kappa shape index (κ1) is 13.8. The molecular formula is C13H20BrN3O. The predicted molar refractivity (Wildman–Crippen MR) is 77.9 cm³/mol. The van der Waals surface area contributed by atoms with Crippen LogP contribution < -0.4 is 10.6 Å². The number of aliphatic hydroxyl groups is 1. The summed E-state index contributed by atoms with van der Waals surface area (Å²) < 4.78 is 1.11. The number of nitrogens with zero attached hydrogens (tertiary/aromatic N) is 2. The maximum Gasteiger partial charge on any atom is 0.0789 e. The van der Waals surface area contributed by atoms with Crippen LogP contribution in [-0.2, 0) is 0 Å². The van der Waals surface area contributed by atoms with Crippen molar-refractivity contribution >= 4 is 21.6 Å². The van der Waals surface area contributed by atoms with Gasteiger partial charge in [0.25, 0.3) is 0 Å². The second-order valence-corrected chi connectivity index (χ2v) is 5.57. The molecule has 2 rings (SSSR count). The Morgan fingerprint density at radius 1 is 1.17 bits per heavy atom. The summed E-state index contributed by atoms with van der Waals surface area (Å²) in [5.74, 6) is 0. The van der Waals surface area contributed by atoms with Gasteiger partial charge in [0.15, 0.2) is 0 Å². The van der Waals surface area contributed by atoms with E-state index in [9.17, 15) is 5.11 Å². The van der Waals surface area contributed by atoms with Crippen LogP contribution in [0.25, 0.3) is 0 Å². The minimum atomic E-state index is -0.399. The van der Waals surface area contributed by atoms with Gasteiger partial charge in [0.05, 0.1) is 6.10 Å². The van der Waals surface area contributed by atoms with Gasteiger partial charge in [0.2, 0.25) is 0 Å². The lowest BCUT2D eigenvalue weighted by Gasteiger charge is -2.36. The number of hydrogen-bond acceptors (Lipinski definition) is 4. The van der Waals surface area contributed by atoms with Crippen molar-refractivity contribution in [3.05, 3.63) is 28.7 Å². The summed E-state index contributed by atoms with van der Waals surface area (Å²) in [6.45, 7) is 4.98. The van der Waals surface area contributed by atoms with Gasteiger partial charge in [-0.25, -0.2) is 0 Å². The van der Waals surface area contributed by atoms with Crippen LogP contribution in [0.1, 0.15) is 0 Å². The fourth-order valence-electron chi connectivity index (χ4n) is 2.21. The van der Waals surface area contributed by atoms with E-state index in [0.717, 1.165) is 30.7 Å². The number of benzene rings is 1. The van der Waals surface area contributed by atoms with Gasteiger partial charge in [-0.05, 0) is 24.3 Å². The first-order valence-corrected chi connectivity index (χ1v) is 7.09. The molecule has 0 radical (unpaired) electrons. The predicted octanol–water partition coefficient (Wildman–Crippen LogP) is 0.891. The van der Waals surface area contributed by atoms with Gasteiger partial charge < -0.3 is 15.7 Å². The van der Waals surface area contributed by atoms with Gasteiger partial charge in [-0.1, -0.05) is 15.9 Å². The molecule has 0 amide bonds. The molecular weight excluding hydrogens is 294 g/mol. The van der Waals surface area contributed by atoms with Crippen molar-refractivity contribution in [2.24, 2.45) is 5.73 Å². The summed E-state index contributed by atoms with van der Waals surface area (Å²) in [6, 6.07) is 8.41. The molecule has 1 unspecified atom stereocenters. The monoisotopic (exact) mass is 313 g/mol. The molecule has 3 N–H and O–H groups in total. The van der Waals surface area contributed by atoms with Crippen molar-refractivity contribution in [2.75, 3.05) is 44.2 Å². The van der Waals surface area contributed by atoms with Crippen LogP contribution in [-0.4, -0.2) is 55.4 Å². The Bertz CT molecular complexity index is 363. The van der Waals surface area contributed by atoms with E-state index >= 15 is 0 Å². The van der Waals surface area contributed by atoms with E-state index < -0.39 is 6.10 Å². The number of aliphatic hydroxyl groups excluding tert-OH is 1. The first-order chi connectivity index (χ1) is 8.69. The highest BCUT2D eigenvalue weighted by Gasteiger charge is 2.18. The van der Waals surface area contributed by atoms with Crippen molar-refractivity contribution < 1.29 is 5.11 Å². The molecule has 18 heavy (non-hydrogen) atoms.